The van der Waals surface area contributed by atoms with Crippen molar-refractivity contribution in [1.82, 2.24) is 5.32 Å². The molecule has 34 heavy (non-hydrogen) atoms. The predicted octanol–water partition coefficient (Wildman–Crippen LogP) is 4.14. The zero-order valence-corrected chi connectivity index (χ0v) is 19.5. The van der Waals surface area contributed by atoms with Crippen LogP contribution in [0.25, 0.3) is 0 Å². The Kier molecular flexibility index (Phi) is 9.20. The summed E-state index contributed by atoms with van der Waals surface area (Å²) < 4.78 is 5.28. The molecule has 0 saturated heterocycles. The number of nitrogens with zero attached hydrogens (tertiary/aromatic N) is 1. The maximum Gasteiger partial charge on any atom is 0.409 e. The third kappa shape index (κ3) is 7.16. The van der Waals surface area contributed by atoms with Crippen molar-refractivity contribution in [2.24, 2.45) is 16.6 Å². The van der Waals surface area contributed by atoms with Crippen LogP contribution in [0.3, 0.4) is 0 Å². The highest BCUT2D eigenvalue weighted by atomic mass is 16.5. The van der Waals surface area contributed by atoms with Gasteiger partial charge in [0.1, 0.15) is 6.61 Å². The zero-order valence-electron chi connectivity index (χ0n) is 19.5. The first-order chi connectivity index (χ1) is 16.5. The number of carbonyl (C=O) groups excluding carboxylic acids is 3. The lowest BCUT2D eigenvalue weighted by Crippen LogP contribution is -2.42. The highest BCUT2D eigenvalue weighted by Gasteiger charge is 2.30. The quantitative estimate of drug-likeness (QED) is 0.615. The van der Waals surface area contributed by atoms with Crippen LogP contribution in [0.4, 0.5) is 10.5 Å². The number of benzodiazepines with no additional fused rings is 1. The van der Waals surface area contributed by atoms with Crippen molar-refractivity contribution in [3.63, 3.8) is 0 Å². The Balaban J connectivity index is 0.000000588. The van der Waals surface area contributed by atoms with Crippen LogP contribution in [-0.2, 0) is 20.9 Å². The zero-order chi connectivity index (χ0) is 24.3. The molecule has 1 fully saturated rings. The van der Waals surface area contributed by atoms with E-state index in [0.717, 1.165) is 48.2 Å². The summed E-state index contributed by atoms with van der Waals surface area (Å²) >= 11 is 0. The van der Waals surface area contributed by atoms with Gasteiger partial charge in [0.25, 0.3) is 5.91 Å². The third-order valence-electron chi connectivity index (χ3n) is 5.79. The third-order valence-corrected chi connectivity index (χ3v) is 5.79. The molecule has 0 aromatic heterocycles. The van der Waals surface area contributed by atoms with E-state index in [1.165, 1.54) is 6.42 Å². The molecule has 1 aliphatic heterocycles. The molecule has 1 heterocycles. The summed E-state index contributed by atoms with van der Waals surface area (Å²) in [4.78, 5) is 39.3. The van der Waals surface area contributed by atoms with Crippen LogP contribution in [0.15, 0.2) is 59.6 Å². The van der Waals surface area contributed by atoms with Gasteiger partial charge in [-0.1, -0.05) is 74.7 Å². The van der Waals surface area contributed by atoms with Crippen LogP contribution in [0.5, 0.6) is 0 Å². The van der Waals surface area contributed by atoms with E-state index in [4.69, 9.17) is 9.73 Å². The Morgan fingerprint density at radius 1 is 1.06 bits per heavy atom. The number of benzene rings is 2. The van der Waals surface area contributed by atoms with Crippen molar-refractivity contribution < 1.29 is 19.1 Å². The number of fused-ring (bicyclic) bond motifs is 1. The van der Waals surface area contributed by atoms with Crippen molar-refractivity contribution in [2.75, 3.05) is 5.32 Å². The monoisotopic (exact) mass is 464 g/mol. The fourth-order valence-electron chi connectivity index (χ4n) is 3.96. The number of amides is 3. The van der Waals surface area contributed by atoms with Gasteiger partial charge in [-0.25, -0.2) is 4.79 Å². The molecule has 4 N–H and O–H groups in total. The van der Waals surface area contributed by atoms with Gasteiger partial charge in [0.05, 0.1) is 5.71 Å². The lowest BCUT2D eigenvalue weighted by molar-refractivity contribution is -0.118. The van der Waals surface area contributed by atoms with E-state index in [-0.39, 0.29) is 18.4 Å². The summed E-state index contributed by atoms with van der Waals surface area (Å²) in [5, 5.41) is 5.52. The van der Waals surface area contributed by atoms with Gasteiger partial charge in [0.15, 0.2) is 0 Å². The maximum absolute atomic E-state index is 12.7. The van der Waals surface area contributed by atoms with Gasteiger partial charge < -0.3 is 15.8 Å². The molecule has 0 spiro atoms. The number of alkyl carbamates (subject to hydrolysis) is 1. The fraction of sp³-hybridized carbons (Fsp3) is 0.385. The van der Waals surface area contributed by atoms with Gasteiger partial charge in [-0.3, -0.25) is 19.9 Å². The van der Waals surface area contributed by atoms with Crippen molar-refractivity contribution >= 4 is 29.3 Å². The van der Waals surface area contributed by atoms with Crippen molar-refractivity contribution in [1.29, 1.82) is 0 Å². The number of hydrogen-bond acceptors (Lipinski definition) is 5. The SMILES string of the molecule is CCC(N)=O.O=C(NC1N=C(C2CCCCC2)c2ccccc2NC1=O)OCc1ccccc1. The Labute approximate surface area is 200 Å². The van der Waals surface area contributed by atoms with E-state index in [1.54, 1.807) is 6.92 Å². The molecule has 2 aromatic carbocycles. The lowest BCUT2D eigenvalue weighted by Gasteiger charge is -2.24. The molecule has 2 aromatic rings. The van der Waals surface area contributed by atoms with Gasteiger partial charge in [-0.2, -0.15) is 0 Å². The van der Waals surface area contributed by atoms with Gasteiger partial charge in [-0.15, -0.1) is 0 Å². The van der Waals surface area contributed by atoms with E-state index in [1.807, 2.05) is 54.6 Å². The molecule has 8 nitrogen and oxygen atoms in total. The first-order valence-electron chi connectivity index (χ1n) is 11.7. The molecule has 1 unspecified atom stereocenters. The van der Waals surface area contributed by atoms with E-state index < -0.39 is 12.3 Å². The van der Waals surface area contributed by atoms with E-state index in [9.17, 15) is 14.4 Å². The summed E-state index contributed by atoms with van der Waals surface area (Å²) in [5.74, 6) is -0.313. The van der Waals surface area contributed by atoms with Crippen molar-refractivity contribution in [3.05, 3.63) is 65.7 Å². The standard InChI is InChI=1S/C23H25N3O3.C3H7NO/c27-22-21(26-23(28)29-15-16-9-3-1-4-10-16)25-20(17-11-5-2-6-12-17)18-13-7-8-14-19(18)24-22;1-2-3(4)5/h1,3-4,7-10,13-14,17,21H,2,5-6,11-12,15H2,(H,24,27)(H,26,28);2H2,1H3,(H2,4,5). The molecule has 2 aliphatic rings. The lowest BCUT2D eigenvalue weighted by atomic mass is 9.83. The van der Waals surface area contributed by atoms with Gasteiger partial charge in [0.2, 0.25) is 12.1 Å². The molecule has 3 amide bonds. The topological polar surface area (TPSA) is 123 Å². The number of rotatable bonds is 5. The minimum Gasteiger partial charge on any atom is -0.445 e. The Hall–Kier alpha value is -3.68. The number of anilines is 1. The summed E-state index contributed by atoms with van der Waals surface area (Å²) in [6.45, 7) is 1.86. The first-order valence-corrected chi connectivity index (χ1v) is 11.7. The fourth-order valence-corrected chi connectivity index (χ4v) is 3.96. The molecule has 180 valence electrons. The second-order valence-electron chi connectivity index (χ2n) is 8.31. The molecule has 0 radical (unpaired) electrons. The van der Waals surface area contributed by atoms with Gasteiger partial charge >= 0.3 is 6.09 Å². The molecule has 1 saturated carbocycles. The largest absolute Gasteiger partial charge is 0.445 e. The summed E-state index contributed by atoms with van der Waals surface area (Å²) in [6, 6.07) is 17.1. The van der Waals surface area contributed by atoms with Crippen LogP contribution in [0, 0.1) is 5.92 Å². The summed E-state index contributed by atoms with van der Waals surface area (Å²) in [6.07, 6.45) is 4.42. The normalized spacial score (nSPS) is 17.6. The summed E-state index contributed by atoms with van der Waals surface area (Å²) in [7, 11) is 0. The number of nitrogens with one attached hydrogen (secondary N) is 2. The predicted molar refractivity (Wildman–Crippen MR) is 131 cm³/mol. The van der Waals surface area contributed by atoms with Gasteiger partial charge in [-0.05, 0) is 24.5 Å². The van der Waals surface area contributed by atoms with Gasteiger partial charge in [0, 0.05) is 23.6 Å². The molecule has 0 bridgehead atoms. The van der Waals surface area contributed by atoms with Crippen molar-refractivity contribution in [3.8, 4) is 0 Å². The molecule has 4 rings (SSSR count). The van der Waals surface area contributed by atoms with Crippen LogP contribution in [0.1, 0.15) is 56.6 Å². The minimum atomic E-state index is -1.01. The van der Waals surface area contributed by atoms with Crippen molar-refractivity contribution in [2.45, 2.75) is 58.2 Å². The second kappa shape index (κ2) is 12.5. The highest BCUT2D eigenvalue weighted by Crippen LogP contribution is 2.31. The molecular formula is C26H32N4O4. The van der Waals surface area contributed by atoms with E-state index >= 15 is 0 Å². The first kappa shape index (κ1) is 25.0. The second-order valence-corrected chi connectivity index (χ2v) is 8.31. The Bertz CT molecular complexity index is 1020. The number of ether oxygens (including phenoxy) is 1. The van der Waals surface area contributed by atoms with Crippen LogP contribution < -0.4 is 16.4 Å². The molecule has 1 atom stereocenters. The highest BCUT2D eigenvalue weighted by molar-refractivity contribution is 6.13. The maximum atomic E-state index is 12.7. The smallest absolute Gasteiger partial charge is 0.409 e. The number of aliphatic imine (C=N–C) groups is 1. The number of nitrogens with two attached hydrogens (primary N) is 1. The summed E-state index contributed by atoms with van der Waals surface area (Å²) in [5.41, 5.74) is 8.11. The number of para-hydroxylation sites is 1. The average Bonchev–Trinajstić information content (AvgIpc) is 3.00. The molecule has 8 heteroatoms. The number of hydrogen-bond donors (Lipinski definition) is 3. The Morgan fingerprint density at radius 2 is 1.71 bits per heavy atom. The number of primary amides is 1. The minimum absolute atomic E-state index is 0.139. The van der Waals surface area contributed by atoms with Crippen LogP contribution in [-0.4, -0.2) is 29.8 Å². The molecular weight excluding hydrogens is 432 g/mol. The average molecular weight is 465 g/mol. The van der Waals surface area contributed by atoms with E-state index in [0.29, 0.717) is 12.3 Å². The molecule has 1 aliphatic carbocycles. The van der Waals surface area contributed by atoms with E-state index in [2.05, 4.69) is 16.4 Å². The Morgan fingerprint density at radius 3 is 2.38 bits per heavy atom. The van der Waals surface area contributed by atoms with Crippen LogP contribution in [0.2, 0.25) is 0 Å². The van der Waals surface area contributed by atoms with Crippen LogP contribution >= 0.6 is 0 Å². The number of carbonyl (C=O) groups is 3.